The molecule has 0 spiro atoms. The molecule has 4 N–H and O–H groups in total. The Bertz CT molecular complexity index is 872. The van der Waals surface area contributed by atoms with Gasteiger partial charge in [0.1, 0.15) is 13.2 Å². The number of carboxylic acids is 1. The molecule has 0 rings (SSSR count). The molecule has 0 aliphatic rings. The van der Waals surface area contributed by atoms with Crippen molar-refractivity contribution in [2.24, 2.45) is 5.92 Å². The summed E-state index contributed by atoms with van der Waals surface area (Å²) < 4.78 is 21.3. The second-order valence-corrected chi connectivity index (χ2v) is 12.9. The van der Waals surface area contributed by atoms with Gasteiger partial charge in [0.15, 0.2) is 5.78 Å². The summed E-state index contributed by atoms with van der Waals surface area (Å²) >= 11 is 0. The summed E-state index contributed by atoms with van der Waals surface area (Å²) in [6, 6.07) is 0. The highest BCUT2D eigenvalue weighted by Gasteiger charge is 2.07. The number of ketones is 1. The van der Waals surface area contributed by atoms with Crippen molar-refractivity contribution in [1.29, 1.82) is 0 Å². The molecule has 292 valence electrons. The van der Waals surface area contributed by atoms with Gasteiger partial charge in [0.2, 0.25) is 17.7 Å². The SMILES string of the molecule is CC(C)C(=O)COCCOCCNC(=O)COCCOCCNC(=O)CCCNC(=O)CCCCCCCCCCCCCCCCC(=O)O. The molecule has 0 radical (unpaired) electrons. The Morgan fingerprint density at radius 3 is 1.30 bits per heavy atom. The van der Waals surface area contributed by atoms with E-state index in [9.17, 15) is 24.0 Å². The van der Waals surface area contributed by atoms with Crippen LogP contribution in [0.2, 0.25) is 0 Å². The molecule has 50 heavy (non-hydrogen) atoms. The monoisotopic (exact) mass is 715 g/mol. The van der Waals surface area contributed by atoms with Crippen LogP contribution in [0.4, 0.5) is 0 Å². The smallest absolute Gasteiger partial charge is 0.303 e. The van der Waals surface area contributed by atoms with Crippen LogP contribution in [-0.2, 0) is 42.9 Å². The summed E-state index contributed by atoms with van der Waals surface area (Å²) in [6.07, 6.45) is 17.9. The van der Waals surface area contributed by atoms with Gasteiger partial charge in [-0.2, -0.15) is 0 Å². The van der Waals surface area contributed by atoms with Gasteiger partial charge in [0.25, 0.3) is 0 Å². The van der Waals surface area contributed by atoms with Gasteiger partial charge in [-0.15, -0.1) is 0 Å². The molecular formula is C37H69N3O10. The Hall–Kier alpha value is -2.61. The van der Waals surface area contributed by atoms with Crippen molar-refractivity contribution in [3.8, 4) is 0 Å². The molecule has 0 unspecified atom stereocenters. The van der Waals surface area contributed by atoms with Crippen molar-refractivity contribution in [2.45, 2.75) is 129 Å². The zero-order valence-electron chi connectivity index (χ0n) is 31.2. The largest absolute Gasteiger partial charge is 0.481 e. The van der Waals surface area contributed by atoms with Gasteiger partial charge < -0.3 is 40.0 Å². The summed E-state index contributed by atoms with van der Waals surface area (Å²) in [6.45, 7) is 6.78. The maximum atomic E-state index is 12.0. The highest BCUT2D eigenvalue weighted by atomic mass is 16.5. The number of Topliss-reactive ketones (excluding diaryl/α,β-unsaturated/α-hetero) is 1. The molecule has 0 aliphatic heterocycles. The first kappa shape index (κ1) is 47.4. The number of unbranched alkanes of at least 4 members (excludes halogenated alkanes) is 13. The normalized spacial score (nSPS) is 11.1. The van der Waals surface area contributed by atoms with Crippen molar-refractivity contribution in [2.75, 3.05) is 72.5 Å². The Morgan fingerprint density at radius 2 is 0.820 bits per heavy atom. The molecule has 0 aliphatic carbocycles. The third kappa shape index (κ3) is 36.7. The Kier molecular flexibility index (Phi) is 34.3. The first-order valence-corrected chi connectivity index (χ1v) is 19.1. The first-order chi connectivity index (χ1) is 24.2. The van der Waals surface area contributed by atoms with Crippen molar-refractivity contribution in [3.05, 3.63) is 0 Å². The van der Waals surface area contributed by atoms with E-state index in [4.69, 9.17) is 24.1 Å². The molecule has 0 aromatic rings. The van der Waals surface area contributed by atoms with Crippen LogP contribution in [-0.4, -0.2) is 107 Å². The average molecular weight is 716 g/mol. The van der Waals surface area contributed by atoms with Crippen LogP contribution >= 0.6 is 0 Å². The zero-order valence-corrected chi connectivity index (χ0v) is 31.2. The fourth-order valence-electron chi connectivity index (χ4n) is 4.86. The van der Waals surface area contributed by atoms with Gasteiger partial charge >= 0.3 is 5.97 Å². The minimum Gasteiger partial charge on any atom is -0.481 e. The number of carboxylic acid groups (broad SMARTS) is 1. The molecule has 0 atom stereocenters. The summed E-state index contributed by atoms with van der Waals surface area (Å²) in [7, 11) is 0. The summed E-state index contributed by atoms with van der Waals surface area (Å²) in [5, 5.41) is 17.0. The lowest BCUT2D eigenvalue weighted by atomic mass is 10.0. The minimum absolute atomic E-state index is 0.0432. The van der Waals surface area contributed by atoms with Gasteiger partial charge in [-0.05, 0) is 19.3 Å². The molecule has 13 heteroatoms. The van der Waals surface area contributed by atoms with E-state index in [1.54, 1.807) is 0 Å². The molecule has 0 bridgehead atoms. The molecule has 13 nitrogen and oxygen atoms in total. The fourth-order valence-corrected chi connectivity index (χ4v) is 4.86. The quantitative estimate of drug-likeness (QED) is 0.0653. The van der Waals surface area contributed by atoms with E-state index < -0.39 is 5.97 Å². The number of hydrogen-bond acceptors (Lipinski definition) is 9. The number of rotatable bonds is 38. The van der Waals surface area contributed by atoms with Crippen LogP contribution < -0.4 is 16.0 Å². The second kappa shape index (κ2) is 36.2. The summed E-state index contributed by atoms with van der Waals surface area (Å²) in [5.41, 5.74) is 0. The molecule has 0 heterocycles. The van der Waals surface area contributed by atoms with Crippen LogP contribution in [0.15, 0.2) is 0 Å². The van der Waals surface area contributed by atoms with E-state index in [0.29, 0.717) is 78.4 Å². The van der Waals surface area contributed by atoms with Crippen LogP contribution in [0.1, 0.15) is 129 Å². The first-order valence-electron chi connectivity index (χ1n) is 19.1. The van der Waals surface area contributed by atoms with E-state index in [1.807, 2.05) is 13.8 Å². The number of carbonyl (C=O) groups excluding carboxylic acids is 4. The standard InChI is InChI=1S/C37H69N3O10/c1-32(2)33(41)30-49-28-26-48-25-23-40-36(44)31-50-29-27-47-24-22-39-35(43)19-17-21-38-34(42)18-15-13-11-9-7-5-3-4-6-8-10-12-14-16-20-37(45)46/h32H,3-31H2,1-2H3,(H,38,42)(H,39,43)(H,40,44)(H,45,46). The third-order valence-electron chi connectivity index (χ3n) is 7.95. The number of ether oxygens (including phenoxy) is 4. The van der Waals surface area contributed by atoms with Gasteiger partial charge in [-0.25, -0.2) is 0 Å². The number of hydrogen-bond donors (Lipinski definition) is 4. The van der Waals surface area contributed by atoms with E-state index in [0.717, 1.165) is 38.5 Å². The predicted octanol–water partition coefficient (Wildman–Crippen LogP) is 4.73. The third-order valence-corrected chi connectivity index (χ3v) is 7.95. The van der Waals surface area contributed by atoms with E-state index >= 15 is 0 Å². The fraction of sp³-hybridized carbons (Fsp3) is 0.865. The van der Waals surface area contributed by atoms with Crippen molar-refractivity contribution in [1.82, 2.24) is 16.0 Å². The van der Waals surface area contributed by atoms with Crippen LogP contribution in [0, 0.1) is 5.92 Å². The molecule has 0 saturated heterocycles. The lowest BCUT2D eigenvalue weighted by molar-refractivity contribution is -0.137. The Labute approximate surface area is 301 Å². The maximum Gasteiger partial charge on any atom is 0.303 e. The molecule has 0 aromatic heterocycles. The van der Waals surface area contributed by atoms with Crippen LogP contribution in [0.3, 0.4) is 0 Å². The van der Waals surface area contributed by atoms with Crippen molar-refractivity contribution < 1.29 is 48.0 Å². The molecule has 0 fully saturated rings. The van der Waals surface area contributed by atoms with Gasteiger partial charge in [0, 0.05) is 44.8 Å². The Balaban J connectivity index is 3.36. The number of nitrogens with one attached hydrogen (secondary N) is 3. The molecule has 0 aromatic carbocycles. The maximum absolute atomic E-state index is 12.0. The number of carbonyl (C=O) groups is 5. The minimum atomic E-state index is -0.693. The highest BCUT2D eigenvalue weighted by Crippen LogP contribution is 2.13. The summed E-state index contributed by atoms with van der Waals surface area (Å²) in [4.78, 5) is 57.7. The molecular weight excluding hydrogens is 646 g/mol. The zero-order chi connectivity index (χ0) is 36.9. The molecule has 0 saturated carbocycles. The average Bonchev–Trinajstić information content (AvgIpc) is 3.08. The van der Waals surface area contributed by atoms with Crippen molar-refractivity contribution >= 4 is 29.5 Å². The van der Waals surface area contributed by atoms with E-state index in [2.05, 4.69) is 16.0 Å². The van der Waals surface area contributed by atoms with Gasteiger partial charge in [0.05, 0.1) is 39.6 Å². The molecule has 3 amide bonds. The van der Waals surface area contributed by atoms with E-state index in [1.165, 1.54) is 51.4 Å². The van der Waals surface area contributed by atoms with Crippen LogP contribution in [0.25, 0.3) is 0 Å². The second-order valence-electron chi connectivity index (χ2n) is 12.9. The van der Waals surface area contributed by atoms with Crippen molar-refractivity contribution in [3.63, 3.8) is 0 Å². The van der Waals surface area contributed by atoms with Gasteiger partial charge in [-0.1, -0.05) is 90.9 Å². The van der Waals surface area contributed by atoms with Gasteiger partial charge in [-0.3, -0.25) is 24.0 Å². The Morgan fingerprint density at radius 1 is 0.440 bits per heavy atom. The predicted molar refractivity (Wildman–Crippen MR) is 193 cm³/mol. The topological polar surface area (TPSA) is 179 Å². The van der Waals surface area contributed by atoms with E-state index in [-0.39, 0.29) is 49.2 Å². The highest BCUT2D eigenvalue weighted by molar-refractivity contribution is 5.81. The lowest BCUT2D eigenvalue weighted by Crippen LogP contribution is -2.31. The number of amides is 3. The lowest BCUT2D eigenvalue weighted by Gasteiger charge is -2.09. The van der Waals surface area contributed by atoms with Crippen LogP contribution in [0.5, 0.6) is 0 Å². The number of aliphatic carboxylic acids is 1. The summed E-state index contributed by atoms with van der Waals surface area (Å²) in [5.74, 6) is -0.975.